The Morgan fingerprint density at radius 1 is 0.939 bits per heavy atom. The molecular formula is C25H20N2O6. The van der Waals surface area contributed by atoms with Crippen molar-refractivity contribution in [1.29, 1.82) is 0 Å². The average molecular weight is 444 g/mol. The highest BCUT2D eigenvalue weighted by atomic mass is 16.7. The second kappa shape index (κ2) is 8.58. The number of fused-ring (bicyclic) bond motifs is 2. The Labute approximate surface area is 189 Å². The lowest BCUT2D eigenvalue weighted by Gasteiger charge is -2.10. The first-order valence-corrected chi connectivity index (χ1v) is 10.3. The molecule has 0 unspecified atom stereocenters. The van der Waals surface area contributed by atoms with E-state index in [1.54, 1.807) is 48.5 Å². The first kappa shape index (κ1) is 20.4. The molecule has 8 heteroatoms. The molecule has 2 heterocycles. The first-order valence-electron chi connectivity index (χ1n) is 10.3. The molecule has 0 saturated heterocycles. The number of carbonyl (C=O) groups excluding carboxylic acids is 2. The van der Waals surface area contributed by atoms with Crippen molar-refractivity contribution in [2.45, 2.75) is 6.92 Å². The standard InChI is InChI=1S/C25H20N2O6/c1-15-6-2-4-8-18(15)30-13-22(28)27-23-17-7-3-5-9-19(17)33-24(23)25(29)26-16-10-11-20-21(12-16)32-14-31-20/h2-12H,13-14H2,1H3,(H,26,29)(H,27,28). The molecule has 0 radical (unpaired) electrons. The van der Waals surface area contributed by atoms with Crippen molar-refractivity contribution in [2.24, 2.45) is 0 Å². The molecule has 1 aliphatic rings. The molecule has 0 atom stereocenters. The number of benzene rings is 3. The summed E-state index contributed by atoms with van der Waals surface area (Å²) < 4.78 is 22.1. The van der Waals surface area contributed by atoms with Crippen LogP contribution < -0.4 is 24.8 Å². The summed E-state index contributed by atoms with van der Waals surface area (Å²) in [5.74, 6) is 0.823. The Bertz CT molecular complexity index is 1360. The number of nitrogens with one attached hydrogen (secondary N) is 2. The molecule has 0 spiro atoms. The van der Waals surface area contributed by atoms with Gasteiger partial charge in [-0.25, -0.2) is 0 Å². The van der Waals surface area contributed by atoms with Gasteiger partial charge in [0.1, 0.15) is 17.0 Å². The topological polar surface area (TPSA) is 99.0 Å². The molecule has 4 aromatic rings. The van der Waals surface area contributed by atoms with E-state index < -0.39 is 11.8 Å². The van der Waals surface area contributed by atoms with Crippen LogP contribution in [0.25, 0.3) is 11.0 Å². The molecule has 2 amide bonds. The molecule has 0 fully saturated rings. The van der Waals surface area contributed by atoms with Crippen LogP contribution in [0.5, 0.6) is 17.2 Å². The number of anilines is 2. The van der Waals surface area contributed by atoms with Crippen molar-refractivity contribution in [1.82, 2.24) is 0 Å². The lowest BCUT2D eigenvalue weighted by molar-refractivity contribution is -0.118. The maximum absolute atomic E-state index is 13.1. The van der Waals surface area contributed by atoms with E-state index in [0.29, 0.717) is 33.9 Å². The van der Waals surface area contributed by atoms with Gasteiger partial charge in [-0.05, 0) is 42.8 Å². The Balaban J connectivity index is 1.37. The lowest BCUT2D eigenvalue weighted by atomic mass is 10.2. The normalized spacial score (nSPS) is 11.9. The summed E-state index contributed by atoms with van der Waals surface area (Å²) in [7, 11) is 0. The van der Waals surface area contributed by atoms with E-state index in [9.17, 15) is 9.59 Å². The summed E-state index contributed by atoms with van der Waals surface area (Å²) in [6.45, 7) is 1.82. The van der Waals surface area contributed by atoms with Gasteiger partial charge in [-0.1, -0.05) is 30.3 Å². The minimum Gasteiger partial charge on any atom is -0.483 e. The molecule has 0 saturated carbocycles. The molecule has 33 heavy (non-hydrogen) atoms. The van der Waals surface area contributed by atoms with Gasteiger partial charge in [0.2, 0.25) is 12.6 Å². The molecule has 1 aliphatic heterocycles. The van der Waals surface area contributed by atoms with Crippen LogP contribution in [0.4, 0.5) is 11.4 Å². The zero-order chi connectivity index (χ0) is 22.8. The number of aryl methyl sites for hydroxylation is 1. The predicted octanol–water partition coefficient (Wildman–Crippen LogP) is 4.74. The third-order valence-electron chi connectivity index (χ3n) is 5.15. The van der Waals surface area contributed by atoms with Gasteiger partial charge in [0.15, 0.2) is 18.1 Å². The fourth-order valence-electron chi connectivity index (χ4n) is 3.53. The van der Waals surface area contributed by atoms with Gasteiger partial charge in [-0.15, -0.1) is 0 Å². The second-order valence-corrected chi connectivity index (χ2v) is 7.43. The second-order valence-electron chi connectivity index (χ2n) is 7.43. The van der Waals surface area contributed by atoms with Crippen molar-refractivity contribution in [2.75, 3.05) is 24.0 Å². The van der Waals surface area contributed by atoms with Crippen molar-refractivity contribution < 1.29 is 28.2 Å². The van der Waals surface area contributed by atoms with E-state index >= 15 is 0 Å². The number of rotatable bonds is 6. The average Bonchev–Trinajstić information content (AvgIpc) is 3.43. The zero-order valence-electron chi connectivity index (χ0n) is 17.7. The highest BCUT2D eigenvalue weighted by Gasteiger charge is 2.23. The summed E-state index contributed by atoms with van der Waals surface area (Å²) in [6.07, 6.45) is 0. The van der Waals surface area contributed by atoms with E-state index in [-0.39, 0.29) is 24.8 Å². The van der Waals surface area contributed by atoms with Crippen LogP contribution >= 0.6 is 0 Å². The maximum Gasteiger partial charge on any atom is 0.293 e. The van der Waals surface area contributed by atoms with Gasteiger partial charge in [0.25, 0.3) is 11.8 Å². The molecule has 0 bridgehead atoms. The van der Waals surface area contributed by atoms with Gasteiger partial charge in [0, 0.05) is 17.1 Å². The number of furan rings is 1. The van der Waals surface area contributed by atoms with Crippen molar-refractivity contribution in [3.05, 3.63) is 78.1 Å². The molecule has 8 nitrogen and oxygen atoms in total. The third kappa shape index (κ3) is 4.18. The summed E-state index contributed by atoms with van der Waals surface area (Å²) in [4.78, 5) is 25.7. The van der Waals surface area contributed by atoms with Gasteiger partial charge >= 0.3 is 0 Å². The van der Waals surface area contributed by atoms with Gasteiger partial charge in [-0.2, -0.15) is 0 Å². The monoisotopic (exact) mass is 444 g/mol. The Morgan fingerprint density at radius 3 is 2.61 bits per heavy atom. The predicted molar refractivity (Wildman–Crippen MR) is 122 cm³/mol. The van der Waals surface area contributed by atoms with Crippen molar-refractivity contribution >= 4 is 34.2 Å². The molecule has 166 valence electrons. The fourth-order valence-corrected chi connectivity index (χ4v) is 3.53. The fraction of sp³-hybridized carbons (Fsp3) is 0.120. The van der Waals surface area contributed by atoms with Crippen LogP contribution in [0.2, 0.25) is 0 Å². The number of para-hydroxylation sites is 2. The van der Waals surface area contributed by atoms with Gasteiger partial charge < -0.3 is 29.3 Å². The van der Waals surface area contributed by atoms with Crippen molar-refractivity contribution in [3.8, 4) is 17.2 Å². The van der Waals surface area contributed by atoms with Crippen LogP contribution in [0, 0.1) is 6.92 Å². The number of amides is 2. The number of carbonyl (C=O) groups is 2. The first-order chi connectivity index (χ1) is 16.1. The summed E-state index contributed by atoms with van der Waals surface area (Å²) in [5.41, 5.74) is 2.18. The minimum absolute atomic E-state index is 0.0156. The highest BCUT2D eigenvalue weighted by Crippen LogP contribution is 2.35. The quantitative estimate of drug-likeness (QED) is 0.446. The Hall–Kier alpha value is -4.46. The van der Waals surface area contributed by atoms with Gasteiger partial charge in [0.05, 0.1) is 0 Å². The smallest absolute Gasteiger partial charge is 0.293 e. The Morgan fingerprint density at radius 2 is 1.73 bits per heavy atom. The molecule has 1 aromatic heterocycles. The van der Waals surface area contributed by atoms with E-state index in [1.165, 1.54) is 0 Å². The number of ether oxygens (including phenoxy) is 3. The number of hydrogen-bond donors (Lipinski definition) is 2. The molecule has 2 N–H and O–H groups in total. The van der Waals surface area contributed by atoms with E-state index in [1.807, 2.05) is 25.1 Å². The molecular weight excluding hydrogens is 424 g/mol. The summed E-state index contributed by atoms with van der Waals surface area (Å²) in [5, 5.41) is 6.15. The molecule has 5 rings (SSSR count). The third-order valence-corrected chi connectivity index (χ3v) is 5.15. The SMILES string of the molecule is Cc1ccccc1OCC(=O)Nc1c(C(=O)Nc2ccc3c(c2)OCO3)oc2ccccc12. The lowest BCUT2D eigenvalue weighted by Crippen LogP contribution is -2.22. The number of hydrogen-bond acceptors (Lipinski definition) is 6. The largest absolute Gasteiger partial charge is 0.483 e. The molecule has 0 aliphatic carbocycles. The summed E-state index contributed by atoms with van der Waals surface area (Å²) in [6, 6.07) is 19.6. The van der Waals surface area contributed by atoms with E-state index in [4.69, 9.17) is 18.6 Å². The van der Waals surface area contributed by atoms with E-state index in [0.717, 1.165) is 5.56 Å². The van der Waals surface area contributed by atoms with Crippen LogP contribution in [-0.4, -0.2) is 25.2 Å². The highest BCUT2D eigenvalue weighted by molar-refractivity contribution is 6.14. The van der Waals surface area contributed by atoms with Crippen LogP contribution in [0.1, 0.15) is 16.1 Å². The minimum atomic E-state index is -0.514. The Kier molecular flexibility index (Phi) is 5.32. The van der Waals surface area contributed by atoms with Gasteiger partial charge in [-0.3, -0.25) is 9.59 Å². The van der Waals surface area contributed by atoms with Crippen LogP contribution in [0.3, 0.4) is 0 Å². The zero-order valence-corrected chi connectivity index (χ0v) is 17.7. The van der Waals surface area contributed by atoms with Crippen LogP contribution in [0.15, 0.2) is 71.1 Å². The maximum atomic E-state index is 13.1. The van der Waals surface area contributed by atoms with Crippen LogP contribution in [-0.2, 0) is 4.79 Å². The molecule has 3 aromatic carbocycles. The van der Waals surface area contributed by atoms with Crippen molar-refractivity contribution in [3.63, 3.8) is 0 Å². The summed E-state index contributed by atoms with van der Waals surface area (Å²) >= 11 is 0. The van der Waals surface area contributed by atoms with E-state index in [2.05, 4.69) is 10.6 Å².